The molecule has 2 N–H and O–H groups in total. The molecule has 51 heavy (non-hydrogen) atoms. The second-order valence-corrected chi connectivity index (χ2v) is 11.0. The molecule has 0 saturated carbocycles. The lowest BCUT2D eigenvalue weighted by Gasteiger charge is -2.18. The summed E-state index contributed by atoms with van der Waals surface area (Å²) in [5.74, 6) is -4.45. The second-order valence-electron chi connectivity index (χ2n) is 11.0. The van der Waals surface area contributed by atoms with Crippen LogP contribution in [0.5, 0.6) is 0 Å². The molecule has 0 aromatic heterocycles. The first-order valence-corrected chi connectivity index (χ1v) is 15.8. The molecule has 0 radical (unpaired) electrons. The highest BCUT2D eigenvalue weighted by Gasteiger charge is 2.31. The fourth-order valence-electron chi connectivity index (χ4n) is 4.40. The zero-order valence-electron chi connectivity index (χ0n) is 27.4. The Bertz CT molecular complexity index is 1610. The Morgan fingerprint density at radius 1 is 0.412 bits per heavy atom. The van der Waals surface area contributed by atoms with Crippen molar-refractivity contribution in [3.63, 3.8) is 0 Å². The van der Waals surface area contributed by atoms with E-state index in [2.05, 4.69) is 10.6 Å². The maximum absolute atomic E-state index is 13.0. The van der Waals surface area contributed by atoms with E-state index in [9.17, 15) is 28.8 Å². The second kappa shape index (κ2) is 20.1. The summed E-state index contributed by atoms with van der Waals surface area (Å²) in [6, 6.07) is 31.7. The van der Waals surface area contributed by atoms with Crippen molar-refractivity contribution in [2.45, 2.75) is 51.4 Å². The predicted octanol–water partition coefficient (Wildman–Crippen LogP) is 4.91. The van der Waals surface area contributed by atoms with E-state index in [0.29, 0.717) is 22.3 Å². The molecule has 0 heterocycles. The highest BCUT2D eigenvalue weighted by molar-refractivity contribution is 5.93. The molecule has 13 heteroatoms. The van der Waals surface area contributed by atoms with Gasteiger partial charge in [0.2, 0.25) is 0 Å². The van der Waals surface area contributed by atoms with Crippen molar-refractivity contribution in [1.82, 2.24) is 10.6 Å². The molecule has 4 aromatic carbocycles. The summed E-state index contributed by atoms with van der Waals surface area (Å²) in [7, 11) is 0. The number of benzene rings is 4. The molecule has 0 aliphatic carbocycles. The lowest BCUT2D eigenvalue weighted by molar-refractivity contribution is -0.164. The zero-order valence-corrected chi connectivity index (χ0v) is 27.4. The van der Waals surface area contributed by atoms with Crippen LogP contribution in [0.2, 0.25) is 0 Å². The van der Waals surface area contributed by atoms with Crippen molar-refractivity contribution in [3.8, 4) is 0 Å². The summed E-state index contributed by atoms with van der Waals surface area (Å²) >= 11 is 0. The van der Waals surface area contributed by atoms with Crippen LogP contribution < -0.4 is 10.6 Å². The van der Waals surface area contributed by atoms with Crippen LogP contribution in [0.4, 0.5) is 9.59 Å². The summed E-state index contributed by atoms with van der Waals surface area (Å²) in [6.07, 6.45) is -3.71. The van der Waals surface area contributed by atoms with Gasteiger partial charge in [0.15, 0.2) is 0 Å². The first-order valence-electron chi connectivity index (χ1n) is 15.8. The Kier molecular flexibility index (Phi) is 14.7. The van der Waals surface area contributed by atoms with Crippen LogP contribution in [0.3, 0.4) is 0 Å². The molecule has 0 saturated heterocycles. The average molecular weight is 697 g/mol. The number of alkyl carbamates (subject to hydrolysis) is 2. The quantitative estimate of drug-likeness (QED) is 0.0926. The van der Waals surface area contributed by atoms with Gasteiger partial charge in [-0.05, 0) is 22.3 Å². The van der Waals surface area contributed by atoms with Gasteiger partial charge in [0.25, 0.3) is 0 Å². The molecule has 4 rings (SSSR count). The van der Waals surface area contributed by atoms with Gasteiger partial charge in [0, 0.05) is 0 Å². The third-order valence-corrected chi connectivity index (χ3v) is 7.00. The highest BCUT2D eigenvalue weighted by Crippen LogP contribution is 2.10. The SMILES string of the molecule is O=C(C[C@@H](NC(=O)OCc1ccccc1)C(=O)OCc1ccccc1)OC(=O)C[C@@H](NC(=O)OCc1ccccc1)C(=O)OCc1ccccc1. The van der Waals surface area contributed by atoms with Crippen LogP contribution in [0, 0.1) is 0 Å². The maximum Gasteiger partial charge on any atom is 0.408 e. The van der Waals surface area contributed by atoms with Crippen molar-refractivity contribution in [1.29, 1.82) is 0 Å². The van der Waals surface area contributed by atoms with Gasteiger partial charge in [-0.2, -0.15) is 0 Å². The van der Waals surface area contributed by atoms with Crippen molar-refractivity contribution in [3.05, 3.63) is 144 Å². The van der Waals surface area contributed by atoms with E-state index < -0.39 is 61.0 Å². The maximum atomic E-state index is 13.0. The van der Waals surface area contributed by atoms with Crippen LogP contribution in [0.15, 0.2) is 121 Å². The molecule has 0 fully saturated rings. The first-order chi connectivity index (χ1) is 24.7. The molecule has 0 bridgehead atoms. The predicted molar refractivity (Wildman–Crippen MR) is 180 cm³/mol. The van der Waals surface area contributed by atoms with E-state index in [1.807, 2.05) is 0 Å². The highest BCUT2D eigenvalue weighted by atomic mass is 16.6. The lowest BCUT2D eigenvalue weighted by Crippen LogP contribution is -2.45. The molecule has 0 spiro atoms. The molecule has 0 aliphatic rings. The minimum Gasteiger partial charge on any atom is -0.459 e. The third kappa shape index (κ3) is 13.9. The Labute approximate surface area is 293 Å². The molecule has 2 atom stereocenters. The first kappa shape index (κ1) is 37.3. The molecule has 264 valence electrons. The van der Waals surface area contributed by atoms with Crippen molar-refractivity contribution in [2.24, 2.45) is 0 Å². The molecule has 13 nitrogen and oxygen atoms in total. The van der Waals surface area contributed by atoms with Gasteiger partial charge in [-0.3, -0.25) is 9.59 Å². The van der Waals surface area contributed by atoms with Gasteiger partial charge in [-0.15, -0.1) is 0 Å². The van der Waals surface area contributed by atoms with E-state index in [-0.39, 0.29) is 26.4 Å². The smallest absolute Gasteiger partial charge is 0.408 e. The van der Waals surface area contributed by atoms with E-state index in [1.54, 1.807) is 121 Å². The van der Waals surface area contributed by atoms with E-state index in [0.717, 1.165) is 0 Å². The van der Waals surface area contributed by atoms with Crippen molar-refractivity contribution >= 4 is 36.1 Å². The molecule has 4 aromatic rings. The zero-order chi connectivity index (χ0) is 36.3. The van der Waals surface area contributed by atoms with E-state index in [1.165, 1.54) is 0 Å². The van der Waals surface area contributed by atoms with Gasteiger partial charge in [0.05, 0.1) is 12.8 Å². The minimum atomic E-state index is -1.60. The number of esters is 4. The number of carbonyl (C=O) groups excluding carboxylic acids is 6. The summed E-state index contributed by atoms with van der Waals surface area (Å²) in [4.78, 5) is 76.9. The largest absolute Gasteiger partial charge is 0.459 e. The number of carbonyl (C=O) groups is 6. The fraction of sp³-hybridized carbons (Fsp3) is 0.211. The number of hydrogen-bond donors (Lipinski definition) is 2. The number of hydrogen-bond acceptors (Lipinski definition) is 11. The number of rotatable bonds is 16. The third-order valence-electron chi connectivity index (χ3n) is 7.00. The molecular formula is C38H36N2O11. The van der Waals surface area contributed by atoms with Crippen molar-refractivity contribution < 1.29 is 52.5 Å². The summed E-state index contributed by atoms with van der Waals surface area (Å²) < 4.78 is 25.8. The number of ether oxygens (including phenoxy) is 5. The van der Waals surface area contributed by atoms with Crippen LogP contribution in [-0.4, -0.2) is 48.1 Å². The van der Waals surface area contributed by atoms with Gasteiger partial charge < -0.3 is 34.3 Å². The monoisotopic (exact) mass is 696 g/mol. The van der Waals surface area contributed by atoms with Gasteiger partial charge >= 0.3 is 36.1 Å². The minimum absolute atomic E-state index is 0.121. The van der Waals surface area contributed by atoms with Gasteiger partial charge in [-0.25, -0.2) is 19.2 Å². The van der Waals surface area contributed by atoms with Crippen molar-refractivity contribution in [2.75, 3.05) is 0 Å². The summed E-state index contributed by atoms with van der Waals surface area (Å²) in [6.45, 7) is -0.568. The molecule has 0 aliphatic heterocycles. The van der Waals surface area contributed by atoms with Crippen LogP contribution in [0.25, 0.3) is 0 Å². The Hall–Kier alpha value is -6.50. The summed E-state index contributed by atoms with van der Waals surface area (Å²) in [5, 5.41) is 4.55. The average Bonchev–Trinajstić information content (AvgIpc) is 3.15. The number of nitrogens with one attached hydrogen (secondary N) is 2. The summed E-state index contributed by atoms with van der Waals surface area (Å²) in [5.41, 5.74) is 2.65. The van der Waals surface area contributed by atoms with E-state index in [4.69, 9.17) is 23.7 Å². The fourth-order valence-corrected chi connectivity index (χ4v) is 4.40. The van der Waals surface area contributed by atoms with Gasteiger partial charge in [0.1, 0.15) is 38.5 Å². The lowest BCUT2D eigenvalue weighted by atomic mass is 10.2. The molecular weight excluding hydrogens is 660 g/mol. The number of amides is 2. The molecule has 2 amide bonds. The van der Waals surface area contributed by atoms with E-state index >= 15 is 0 Å². The van der Waals surface area contributed by atoms with Gasteiger partial charge in [-0.1, -0.05) is 121 Å². The Balaban J connectivity index is 1.37. The standard InChI is InChI=1S/C38H36N2O11/c41-33(21-31(35(43)47-23-27-13-5-1-6-14-27)39-37(45)49-25-29-17-9-3-10-18-29)51-34(42)22-32(36(44)48-24-28-15-7-2-8-16-28)40-38(46)50-26-30-19-11-4-12-20-30/h1-20,31-32H,21-26H2,(H,39,45)(H,40,46)/t31-,32-/m1/s1. The normalized spacial score (nSPS) is 11.5. The topological polar surface area (TPSA) is 173 Å². The Morgan fingerprint density at radius 2 is 0.686 bits per heavy atom. The van der Waals surface area contributed by atoms with Crippen LogP contribution in [0.1, 0.15) is 35.1 Å². The van der Waals surface area contributed by atoms with Crippen LogP contribution in [-0.2, 0) is 69.3 Å². The molecule has 0 unspecified atom stereocenters. The Morgan fingerprint density at radius 3 is 0.980 bits per heavy atom. The van der Waals surface area contributed by atoms with Crippen LogP contribution >= 0.6 is 0 Å².